The average Bonchev–Trinajstić information content (AvgIpc) is 3.08. The van der Waals surface area contributed by atoms with Crippen LogP contribution in [0.25, 0.3) is 0 Å². The molecule has 12 heteroatoms. The van der Waals surface area contributed by atoms with Gasteiger partial charge in [0, 0.05) is 32.2 Å². The van der Waals surface area contributed by atoms with Gasteiger partial charge in [-0.3, -0.25) is 0 Å². The zero-order valence-corrected chi connectivity index (χ0v) is 21.3. The van der Waals surface area contributed by atoms with Crippen LogP contribution >= 0.6 is 0 Å². The van der Waals surface area contributed by atoms with Gasteiger partial charge in [0.05, 0.1) is 30.2 Å². The summed E-state index contributed by atoms with van der Waals surface area (Å²) in [5.74, 6) is 1.89. The van der Waals surface area contributed by atoms with Gasteiger partial charge in [-0.2, -0.15) is 17.5 Å². The van der Waals surface area contributed by atoms with Gasteiger partial charge in [-0.25, -0.2) is 13.4 Å². The zero-order chi connectivity index (χ0) is 27.1. The maximum atomic E-state index is 13.4. The number of ether oxygens (including phenoxy) is 3. The Bertz CT molecular complexity index is 1500. The molecule has 3 aromatic carbocycles. The number of alkyl halides is 3. The minimum Gasteiger partial charge on any atom is -0.497 e. The second-order valence-electron chi connectivity index (χ2n) is 8.65. The first-order valence-electron chi connectivity index (χ1n) is 11.7. The summed E-state index contributed by atoms with van der Waals surface area (Å²) < 4.78 is 84.6. The molecule has 2 aliphatic rings. The van der Waals surface area contributed by atoms with Crippen molar-refractivity contribution < 1.29 is 35.8 Å². The smallest absolute Gasteiger partial charge is 0.416 e. The first-order valence-corrected chi connectivity index (χ1v) is 13.1. The summed E-state index contributed by atoms with van der Waals surface area (Å²) in [7, 11) is -0.815. The standard InChI is InChI=1S/C26H24F3N3O5S/c1-35-18-4-3-5-20(15-18)38(33,34)32-12-10-31(11-13-32)25-21-16-19(36-2)7-9-23(21)37-24-8-6-17(26(27,28)29)14-22(24)30-25/h3-9,14-16H,10-13H2,1-2H3. The van der Waals surface area contributed by atoms with Crippen LogP contribution in [0.15, 0.2) is 70.6 Å². The van der Waals surface area contributed by atoms with Gasteiger partial charge in [0.2, 0.25) is 10.0 Å². The Morgan fingerprint density at radius 3 is 2.24 bits per heavy atom. The van der Waals surface area contributed by atoms with E-state index >= 15 is 0 Å². The number of halogens is 3. The zero-order valence-electron chi connectivity index (χ0n) is 20.5. The Kier molecular flexibility index (Phi) is 6.70. The summed E-state index contributed by atoms with van der Waals surface area (Å²) >= 11 is 0. The molecule has 0 aromatic heterocycles. The third-order valence-corrected chi connectivity index (χ3v) is 8.27. The molecular formula is C26H24F3N3O5S. The molecular weight excluding hydrogens is 523 g/mol. The molecule has 0 unspecified atom stereocenters. The Hall–Kier alpha value is -3.77. The van der Waals surface area contributed by atoms with Crippen LogP contribution in [-0.2, 0) is 16.2 Å². The quantitative estimate of drug-likeness (QED) is 0.462. The molecule has 3 aromatic rings. The van der Waals surface area contributed by atoms with Crippen molar-refractivity contribution in [1.82, 2.24) is 9.21 Å². The van der Waals surface area contributed by atoms with Crippen LogP contribution in [0.3, 0.4) is 0 Å². The summed E-state index contributed by atoms with van der Waals surface area (Å²) in [6.45, 7) is 0.808. The number of benzene rings is 3. The van der Waals surface area contributed by atoms with E-state index in [1.54, 1.807) is 30.3 Å². The number of piperazine rings is 1. The van der Waals surface area contributed by atoms with Gasteiger partial charge < -0.3 is 19.1 Å². The van der Waals surface area contributed by atoms with Crippen molar-refractivity contribution in [3.63, 3.8) is 0 Å². The largest absolute Gasteiger partial charge is 0.497 e. The second kappa shape index (κ2) is 9.84. The lowest BCUT2D eigenvalue weighted by Crippen LogP contribution is -2.50. The number of hydrogen-bond donors (Lipinski definition) is 0. The van der Waals surface area contributed by atoms with Gasteiger partial charge in [0.25, 0.3) is 0 Å². The molecule has 38 heavy (non-hydrogen) atoms. The monoisotopic (exact) mass is 547 g/mol. The van der Waals surface area contributed by atoms with Crippen LogP contribution in [0.1, 0.15) is 11.1 Å². The highest BCUT2D eigenvalue weighted by Crippen LogP contribution is 2.42. The fourth-order valence-corrected chi connectivity index (χ4v) is 5.81. The van der Waals surface area contributed by atoms with E-state index in [1.165, 1.54) is 36.7 Å². The lowest BCUT2D eigenvalue weighted by Gasteiger charge is -2.36. The Balaban J connectivity index is 1.49. The van der Waals surface area contributed by atoms with Gasteiger partial charge in [-0.05, 0) is 48.5 Å². The number of fused-ring (bicyclic) bond motifs is 2. The van der Waals surface area contributed by atoms with Crippen molar-refractivity contribution in [3.05, 3.63) is 71.8 Å². The molecule has 0 radical (unpaired) electrons. The lowest BCUT2D eigenvalue weighted by atomic mass is 10.1. The summed E-state index contributed by atoms with van der Waals surface area (Å²) in [6.07, 6.45) is -4.55. The van der Waals surface area contributed by atoms with Gasteiger partial charge in [-0.15, -0.1) is 0 Å². The lowest BCUT2D eigenvalue weighted by molar-refractivity contribution is -0.137. The number of hydrogen-bond acceptors (Lipinski definition) is 7. The van der Waals surface area contributed by atoms with E-state index in [4.69, 9.17) is 14.2 Å². The van der Waals surface area contributed by atoms with E-state index in [-0.39, 0.29) is 42.5 Å². The van der Waals surface area contributed by atoms with Gasteiger partial charge >= 0.3 is 6.18 Å². The second-order valence-corrected chi connectivity index (χ2v) is 10.6. The SMILES string of the molecule is COc1cccc(S(=O)(=O)N2CCN(C3=Nc4cc(C(F)(F)F)ccc4Oc4ccc(OC)cc43)CC2)c1. The van der Waals surface area contributed by atoms with Crippen molar-refractivity contribution in [3.8, 4) is 23.0 Å². The number of aliphatic imine (C=N–C) groups is 1. The van der Waals surface area contributed by atoms with Crippen LogP contribution in [0.5, 0.6) is 23.0 Å². The number of methoxy groups -OCH3 is 2. The Morgan fingerprint density at radius 2 is 1.55 bits per heavy atom. The predicted octanol–water partition coefficient (Wildman–Crippen LogP) is 4.91. The van der Waals surface area contributed by atoms with Crippen molar-refractivity contribution in [2.24, 2.45) is 4.99 Å². The average molecular weight is 548 g/mol. The van der Waals surface area contributed by atoms with Crippen molar-refractivity contribution in [2.45, 2.75) is 11.1 Å². The van der Waals surface area contributed by atoms with E-state index in [0.29, 0.717) is 28.6 Å². The third kappa shape index (κ3) is 4.88. The minimum absolute atomic E-state index is 0.0245. The molecule has 5 rings (SSSR count). The molecule has 0 bridgehead atoms. The highest BCUT2D eigenvalue weighted by molar-refractivity contribution is 7.89. The van der Waals surface area contributed by atoms with E-state index in [0.717, 1.165) is 12.1 Å². The molecule has 1 fully saturated rings. The van der Waals surface area contributed by atoms with Crippen LogP contribution < -0.4 is 14.2 Å². The van der Waals surface area contributed by atoms with Gasteiger partial charge in [-0.1, -0.05) is 6.07 Å². The number of nitrogens with zero attached hydrogens (tertiary/aromatic N) is 3. The molecule has 0 N–H and O–H groups in total. The normalized spacial score (nSPS) is 16.0. The molecule has 8 nitrogen and oxygen atoms in total. The first kappa shape index (κ1) is 25.9. The topological polar surface area (TPSA) is 80.7 Å². The highest BCUT2D eigenvalue weighted by atomic mass is 32.2. The van der Waals surface area contributed by atoms with Gasteiger partial charge in [0.15, 0.2) is 5.75 Å². The van der Waals surface area contributed by atoms with Crippen molar-refractivity contribution >= 4 is 21.5 Å². The van der Waals surface area contributed by atoms with E-state index in [2.05, 4.69) is 4.99 Å². The van der Waals surface area contributed by atoms with Crippen molar-refractivity contribution in [2.75, 3.05) is 40.4 Å². The first-order chi connectivity index (χ1) is 18.1. The molecule has 2 aliphatic heterocycles. The predicted molar refractivity (Wildman–Crippen MR) is 134 cm³/mol. The molecule has 1 saturated heterocycles. The fourth-order valence-electron chi connectivity index (χ4n) is 4.35. The summed E-state index contributed by atoms with van der Waals surface area (Å²) in [4.78, 5) is 6.56. The summed E-state index contributed by atoms with van der Waals surface area (Å²) in [5, 5.41) is 0. The van der Waals surface area contributed by atoms with Crippen molar-refractivity contribution in [1.29, 1.82) is 0 Å². The van der Waals surface area contributed by atoms with Gasteiger partial charge in [0.1, 0.15) is 28.8 Å². The van der Waals surface area contributed by atoms with Crippen LogP contribution in [0.2, 0.25) is 0 Å². The Labute approximate surface area is 217 Å². The Morgan fingerprint density at radius 1 is 0.868 bits per heavy atom. The number of amidine groups is 1. The van der Waals surface area contributed by atoms with E-state index in [9.17, 15) is 21.6 Å². The molecule has 0 atom stereocenters. The maximum Gasteiger partial charge on any atom is 0.416 e. The fraction of sp³-hybridized carbons (Fsp3) is 0.269. The summed E-state index contributed by atoms with van der Waals surface area (Å²) in [5.41, 5.74) is -0.296. The van der Waals surface area contributed by atoms with Crippen LogP contribution in [0, 0.1) is 0 Å². The molecule has 0 aliphatic carbocycles. The molecule has 0 spiro atoms. The molecule has 0 saturated carbocycles. The minimum atomic E-state index is -4.55. The highest BCUT2D eigenvalue weighted by Gasteiger charge is 2.34. The molecule has 2 heterocycles. The maximum absolute atomic E-state index is 13.4. The van der Waals surface area contributed by atoms with Crippen LogP contribution in [-0.4, -0.2) is 63.9 Å². The molecule has 0 amide bonds. The summed E-state index contributed by atoms with van der Waals surface area (Å²) in [6, 6.07) is 14.4. The van der Waals surface area contributed by atoms with E-state index < -0.39 is 21.8 Å². The van der Waals surface area contributed by atoms with Crippen LogP contribution in [0.4, 0.5) is 18.9 Å². The number of rotatable bonds is 4. The third-order valence-electron chi connectivity index (χ3n) is 6.38. The molecule has 200 valence electrons. The van der Waals surface area contributed by atoms with E-state index in [1.807, 2.05) is 4.90 Å². The number of sulfonamides is 1.